The molecule has 4 heteroatoms. The molecule has 3 nitrogen and oxygen atoms in total. The summed E-state index contributed by atoms with van der Waals surface area (Å²) in [6, 6.07) is 3.63. The van der Waals surface area contributed by atoms with Gasteiger partial charge in [-0.2, -0.15) is 0 Å². The highest BCUT2D eigenvalue weighted by atomic mass is 32.1. The maximum Gasteiger partial charge on any atom is 0.161 e. The Morgan fingerprint density at radius 3 is 2.23 bits per heavy atom. The van der Waals surface area contributed by atoms with Crippen molar-refractivity contribution in [3.05, 3.63) is 17.7 Å². The first-order valence-electron chi connectivity index (χ1n) is 3.86. The Bertz CT molecular complexity index is 302. The second kappa shape index (κ2) is 4.39. The van der Waals surface area contributed by atoms with Crippen LogP contribution < -0.4 is 15.2 Å². The molecule has 1 aromatic carbocycles. The zero-order valence-electron chi connectivity index (χ0n) is 7.70. The van der Waals surface area contributed by atoms with Gasteiger partial charge in [0.05, 0.1) is 14.2 Å². The Balaban J connectivity index is 3.18. The Morgan fingerprint density at radius 1 is 1.23 bits per heavy atom. The molecule has 1 aromatic rings. The van der Waals surface area contributed by atoms with Gasteiger partial charge in [0, 0.05) is 11.4 Å². The summed E-state index contributed by atoms with van der Waals surface area (Å²) in [7, 11) is 3.18. The van der Waals surface area contributed by atoms with Crippen molar-refractivity contribution in [3.8, 4) is 11.5 Å². The van der Waals surface area contributed by atoms with Crippen LogP contribution in [0.15, 0.2) is 17.0 Å². The Hall–Kier alpha value is -0.870. The molecule has 0 aliphatic carbocycles. The van der Waals surface area contributed by atoms with E-state index in [1.807, 2.05) is 6.07 Å². The molecular formula is C9H13NO2S. The molecular weight excluding hydrogens is 186 g/mol. The molecule has 13 heavy (non-hydrogen) atoms. The smallest absolute Gasteiger partial charge is 0.161 e. The highest BCUT2D eigenvalue weighted by molar-refractivity contribution is 7.80. The van der Waals surface area contributed by atoms with Gasteiger partial charge in [-0.1, -0.05) is 0 Å². The lowest BCUT2D eigenvalue weighted by molar-refractivity contribution is 0.353. The summed E-state index contributed by atoms with van der Waals surface area (Å²) in [5, 5.41) is 0. The van der Waals surface area contributed by atoms with Gasteiger partial charge >= 0.3 is 0 Å². The van der Waals surface area contributed by atoms with Crippen LogP contribution in [0.25, 0.3) is 0 Å². The zero-order valence-corrected chi connectivity index (χ0v) is 8.60. The van der Waals surface area contributed by atoms with Gasteiger partial charge in [0.15, 0.2) is 11.5 Å². The van der Waals surface area contributed by atoms with E-state index in [0.29, 0.717) is 18.0 Å². The van der Waals surface area contributed by atoms with Gasteiger partial charge in [-0.05, 0) is 17.7 Å². The number of methoxy groups -OCH3 is 2. The minimum atomic E-state index is 0.444. The maximum absolute atomic E-state index is 5.52. The molecule has 0 spiro atoms. The van der Waals surface area contributed by atoms with Crippen LogP contribution in [-0.4, -0.2) is 14.2 Å². The van der Waals surface area contributed by atoms with Crippen LogP contribution in [0, 0.1) is 0 Å². The largest absolute Gasteiger partial charge is 0.493 e. The summed E-state index contributed by atoms with van der Waals surface area (Å²) in [4.78, 5) is 0.820. The van der Waals surface area contributed by atoms with Crippen molar-refractivity contribution >= 4 is 12.6 Å². The number of ether oxygens (including phenoxy) is 2. The van der Waals surface area contributed by atoms with Gasteiger partial charge in [-0.15, -0.1) is 12.6 Å². The van der Waals surface area contributed by atoms with Gasteiger partial charge in [0.25, 0.3) is 0 Å². The highest BCUT2D eigenvalue weighted by Gasteiger charge is 2.07. The Kier molecular flexibility index (Phi) is 3.45. The lowest BCUT2D eigenvalue weighted by Crippen LogP contribution is -1.99. The summed E-state index contributed by atoms with van der Waals surface area (Å²) in [5.41, 5.74) is 6.47. The fraction of sp³-hybridized carbons (Fsp3) is 0.333. The van der Waals surface area contributed by atoms with Crippen LogP contribution in [0.4, 0.5) is 0 Å². The summed E-state index contributed by atoms with van der Waals surface area (Å²) < 4.78 is 10.2. The van der Waals surface area contributed by atoms with E-state index < -0.39 is 0 Å². The lowest BCUT2D eigenvalue weighted by Gasteiger charge is -2.10. The summed E-state index contributed by atoms with van der Waals surface area (Å²) in [6.45, 7) is 0.444. The van der Waals surface area contributed by atoms with Gasteiger partial charge in [0.1, 0.15) is 0 Å². The first-order valence-corrected chi connectivity index (χ1v) is 4.31. The van der Waals surface area contributed by atoms with Crippen molar-refractivity contribution in [2.75, 3.05) is 14.2 Å². The van der Waals surface area contributed by atoms with Crippen molar-refractivity contribution < 1.29 is 9.47 Å². The first kappa shape index (κ1) is 10.2. The molecule has 0 amide bonds. The predicted octanol–water partition coefficient (Wildman–Crippen LogP) is 1.45. The molecule has 0 saturated heterocycles. The van der Waals surface area contributed by atoms with Crippen LogP contribution >= 0.6 is 12.6 Å². The van der Waals surface area contributed by atoms with Crippen molar-refractivity contribution in [3.63, 3.8) is 0 Å². The molecule has 0 radical (unpaired) electrons. The Labute approximate surface area is 83.2 Å². The second-order valence-corrected chi connectivity index (χ2v) is 3.02. The number of hydrogen-bond donors (Lipinski definition) is 2. The third kappa shape index (κ3) is 2.08. The van der Waals surface area contributed by atoms with Crippen molar-refractivity contribution in [1.29, 1.82) is 0 Å². The minimum absolute atomic E-state index is 0.444. The average molecular weight is 199 g/mol. The maximum atomic E-state index is 5.52. The Morgan fingerprint density at radius 2 is 1.77 bits per heavy atom. The molecule has 0 aliphatic heterocycles. The van der Waals surface area contributed by atoms with E-state index >= 15 is 0 Å². The molecule has 0 saturated carbocycles. The van der Waals surface area contributed by atoms with Gasteiger partial charge in [-0.25, -0.2) is 0 Å². The number of rotatable bonds is 3. The standard InChI is InChI=1S/C9H13NO2S/c1-11-7-3-6(5-10)9(13)4-8(7)12-2/h3-4,13H,5,10H2,1-2H3. The van der Waals surface area contributed by atoms with Crippen LogP contribution in [-0.2, 0) is 6.54 Å². The molecule has 0 heterocycles. The fourth-order valence-corrected chi connectivity index (χ4v) is 1.35. The normalized spacial score (nSPS) is 9.85. The average Bonchev–Trinajstić information content (AvgIpc) is 2.17. The number of benzene rings is 1. The number of hydrogen-bond acceptors (Lipinski definition) is 4. The molecule has 0 fully saturated rings. The highest BCUT2D eigenvalue weighted by Crippen LogP contribution is 2.31. The molecule has 0 atom stereocenters. The van der Waals surface area contributed by atoms with Crippen LogP contribution in [0.5, 0.6) is 11.5 Å². The van der Waals surface area contributed by atoms with E-state index in [2.05, 4.69) is 12.6 Å². The molecule has 0 aliphatic rings. The van der Waals surface area contributed by atoms with E-state index in [0.717, 1.165) is 10.5 Å². The molecule has 72 valence electrons. The summed E-state index contributed by atoms with van der Waals surface area (Å²) in [5.74, 6) is 1.35. The lowest BCUT2D eigenvalue weighted by atomic mass is 10.2. The third-order valence-corrected chi connectivity index (χ3v) is 2.22. The summed E-state index contributed by atoms with van der Waals surface area (Å²) >= 11 is 4.27. The van der Waals surface area contributed by atoms with E-state index in [4.69, 9.17) is 15.2 Å². The first-order chi connectivity index (χ1) is 6.22. The van der Waals surface area contributed by atoms with Crippen molar-refractivity contribution in [1.82, 2.24) is 0 Å². The molecule has 0 unspecified atom stereocenters. The van der Waals surface area contributed by atoms with E-state index in [9.17, 15) is 0 Å². The van der Waals surface area contributed by atoms with Crippen LogP contribution in [0.1, 0.15) is 5.56 Å². The van der Waals surface area contributed by atoms with Crippen molar-refractivity contribution in [2.45, 2.75) is 11.4 Å². The van der Waals surface area contributed by atoms with E-state index in [-0.39, 0.29) is 0 Å². The van der Waals surface area contributed by atoms with Crippen molar-refractivity contribution in [2.24, 2.45) is 5.73 Å². The van der Waals surface area contributed by atoms with E-state index in [1.165, 1.54) is 0 Å². The summed E-state index contributed by atoms with van der Waals surface area (Å²) in [6.07, 6.45) is 0. The topological polar surface area (TPSA) is 44.5 Å². The van der Waals surface area contributed by atoms with Crippen LogP contribution in [0.3, 0.4) is 0 Å². The SMILES string of the molecule is COc1cc(S)c(CN)cc1OC. The predicted molar refractivity (Wildman–Crippen MR) is 54.7 cm³/mol. The zero-order chi connectivity index (χ0) is 9.84. The number of nitrogens with two attached hydrogens (primary N) is 1. The fourth-order valence-electron chi connectivity index (χ4n) is 1.07. The second-order valence-electron chi connectivity index (χ2n) is 2.54. The molecule has 1 rings (SSSR count). The van der Waals surface area contributed by atoms with Crippen LogP contribution in [0.2, 0.25) is 0 Å². The van der Waals surface area contributed by atoms with Gasteiger partial charge in [-0.3, -0.25) is 0 Å². The minimum Gasteiger partial charge on any atom is -0.493 e. The molecule has 0 bridgehead atoms. The van der Waals surface area contributed by atoms with Gasteiger partial charge in [0.2, 0.25) is 0 Å². The molecule has 2 N–H and O–H groups in total. The quantitative estimate of drug-likeness (QED) is 0.724. The monoisotopic (exact) mass is 199 g/mol. The third-order valence-electron chi connectivity index (χ3n) is 1.80. The van der Waals surface area contributed by atoms with E-state index in [1.54, 1.807) is 20.3 Å². The van der Waals surface area contributed by atoms with Gasteiger partial charge < -0.3 is 15.2 Å². The molecule has 0 aromatic heterocycles. The number of thiol groups is 1.